The Kier molecular flexibility index (Phi) is 4.50. The van der Waals surface area contributed by atoms with E-state index in [1.54, 1.807) is 24.3 Å². The molecule has 1 heterocycles. The lowest BCUT2D eigenvalue weighted by Crippen LogP contribution is -2.25. The van der Waals surface area contributed by atoms with Gasteiger partial charge in [0.05, 0.1) is 5.56 Å². The summed E-state index contributed by atoms with van der Waals surface area (Å²) in [4.78, 5) is 26.2. The summed E-state index contributed by atoms with van der Waals surface area (Å²) < 4.78 is 0. The van der Waals surface area contributed by atoms with Gasteiger partial charge in [-0.15, -0.1) is 0 Å². The summed E-state index contributed by atoms with van der Waals surface area (Å²) in [5.74, 6) is -1.24. The van der Waals surface area contributed by atoms with Crippen LogP contribution in [-0.2, 0) is 6.42 Å². The third-order valence-corrected chi connectivity index (χ3v) is 2.88. The van der Waals surface area contributed by atoms with Gasteiger partial charge < -0.3 is 15.5 Å². The second-order valence-corrected chi connectivity index (χ2v) is 4.41. The van der Waals surface area contributed by atoms with Crippen LogP contribution in [0.1, 0.15) is 26.4 Å². The normalized spacial score (nSPS) is 10.1. The van der Waals surface area contributed by atoms with E-state index < -0.39 is 5.97 Å². The van der Waals surface area contributed by atoms with Crippen LogP contribution >= 0.6 is 0 Å². The molecule has 21 heavy (non-hydrogen) atoms. The number of aromatic carboxylic acids is 1. The van der Waals surface area contributed by atoms with E-state index in [4.69, 9.17) is 10.2 Å². The lowest BCUT2D eigenvalue weighted by atomic mass is 10.1. The number of phenolic OH excluding ortho intramolecular Hbond substituents is 1. The molecular weight excluding hydrogens is 272 g/mol. The third kappa shape index (κ3) is 4.04. The number of carbonyl (C=O) groups excluding carboxylic acids is 1. The fraction of sp³-hybridized carbons (Fsp3) is 0.133. The lowest BCUT2D eigenvalue weighted by molar-refractivity contribution is 0.0689. The second kappa shape index (κ2) is 6.51. The van der Waals surface area contributed by atoms with Crippen molar-refractivity contribution in [2.75, 3.05) is 6.54 Å². The molecule has 2 rings (SSSR count). The predicted octanol–water partition coefficient (Wildman–Crippen LogP) is 1.46. The standard InChI is InChI=1S/C15H14N2O4/c18-12-4-1-10(2-5-12)7-8-16-14(19)11-3-6-13(15(20)21)17-9-11/h1-6,9,18H,7-8H2,(H,16,19)(H,20,21). The highest BCUT2D eigenvalue weighted by Gasteiger charge is 2.08. The van der Waals surface area contributed by atoms with Crippen molar-refractivity contribution in [3.05, 3.63) is 59.4 Å². The number of carboxylic acid groups (broad SMARTS) is 1. The first-order chi connectivity index (χ1) is 10.1. The van der Waals surface area contributed by atoms with Crippen molar-refractivity contribution in [3.8, 4) is 5.75 Å². The Balaban J connectivity index is 1.86. The summed E-state index contributed by atoms with van der Waals surface area (Å²) in [6.45, 7) is 0.435. The molecule has 6 nitrogen and oxygen atoms in total. The molecule has 0 saturated heterocycles. The van der Waals surface area contributed by atoms with E-state index in [1.165, 1.54) is 18.3 Å². The summed E-state index contributed by atoms with van der Waals surface area (Å²) >= 11 is 0. The maximum absolute atomic E-state index is 11.8. The number of benzene rings is 1. The van der Waals surface area contributed by atoms with Gasteiger partial charge in [-0.3, -0.25) is 4.79 Å². The predicted molar refractivity (Wildman–Crippen MR) is 75.3 cm³/mol. The first kappa shape index (κ1) is 14.5. The van der Waals surface area contributed by atoms with Gasteiger partial charge in [-0.2, -0.15) is 0 Å². The maximum atomic E-state index is 11.8. The van der Waals surface area contributed by atoms with Gasteiger partial charge >= 0.3 is 5.97 Å². The highest BCUT2D eigenvalue weighted by Crippen LogP contribution is 2.09. The van der Waals surface area contributed by atoms with Crippen molar-refractivity contribution >= 4 is 11.9 Å². The molecule has 0 aliphatic rings. The molecular formula is C15H14N2O4. The third-order valence-electron chi connectivity index (χ3n) is 2.88. The van der Waals surface area contributed by atoms with E-state index >= 15 is 0 Å². The van der Waals surface area contributed by atoms with E-state index in [9.17, 15) is 9.59 Å². The summed E-state index contributed by atoms with van der Waals surface area (Å²) in [5, 5.41) is 20.6. The van der Waals surface area contributed by atoms with E-state index in [0.29, 0.717) is 18.5 Å². The maximum Gasteiger partial charge on any atom is 0.354 e. The number of nitrogens with zero attached hydrogens (tertiary/aromatic N) is 1. The zero-order valence-electron chi connectivity index (χ0n) is 11.1. The average Bonchev–Trinajstić information content (AvgIpc) is 2.49. The number of carbonyl (C=O) groups is 2. The highest BCUT2D eigenvalue weighted by atomic mass is 16.4. The molecule has 0 fully saturated rings. The van der Waals surface area contributed by atoms with Crippen LogP contribution in [0, 0.1) is 0 Å². The molecule has 3 N–H and O–H groups in total. The fourth-order valence-electron chi connectivity index (χ4n) is 1.74. The quantitative estimate of drug-likeness (QED) is 0.772. The van der Waals surface area contributed by atoms with E-state index in [2.05, 4.69) is 10.3 Å². The number of aromatic hydroxyl groups is 1. The Bertz CT molecular complexity index is 636. The number of hydrogen-bond acceptors (Lipinski definition) is 4. The molecule has 0 aliphatic heterocycles. The van der Waals surface area contributed by atoms with Gasteiger partial charge in [-0.25, -0.2) is 9.78 Å². The van der Waals surface area contributed by atoms with Crippen LogP contribution in [0.3, 0.4) is 0 Å². The van der Waals surface area contributed by atoms with Crippen molar-refractivity contribution < 1.29 is 19.8 Å². The molecule has 108 valence electrons. The molecule has 0 spiro atoms. The van der Waals surface area contributed by atoms with Crippen molar-refractivity contribution in [1.29, 1.82) is 0 Å². The first-order valence-corrected chi connectivity index (χ1v) is 6.32. The molecule has 1 aromatic carbocycles. The van der Waals surface area contributed by atoms with Crippen LogP contribution in [0.15, 0.2) is 42.6 Å². The van der Waals surface area contributed by atoms with Crippen molar-refractivity contribution in [2.24, 2.45) is 0 Å². The minimum Gasteiger partial charge on any atom is -0.508 e. The summed E-state index contributed by atoms with van der Waals surface area (Å²) in [6.07, 6.45) is 1.87. The number of hydrogen-bond donors (Lipinski definition) is 3. The Morgan fingerprint density at radius 3 is 2.38 bits per heavy atom. The van der Waals surface area contributed by atoms with Gasteiger partial charge in [0.25, 0.3) is 5.91 Å². The Labute approximate surface area is 121 Å². The Morgan fingerprint density at radius 1 is 1.10 bits per heavy atom. The molecule has 0 unspecified atom stereocenters. The van der Waals surface area contributed by atoms with Crippen molar-refractivity contribution in [1.82, 2.24) is 10.3 Å². The number of amides is 1. The molecule has 2 aromatic rings. The van der Waals surface area contributed by atoms with Crippen LogP contribution < -0.4 is 5.32 Å². The molecule has 0 aliphatic carbocycles. The van der Waals surface area contributed by atoms with Crippen LogP contribution in [0.4, 0.5) is 0 Å². The van der Waals surface area contributed by atoms with E-state index in [1.807, 2.05) is 0 Å². The lowest BCUT2D eigenvalue weighted by Gasteiger charge is -2.05. The van der Waals surface area contributed by atoms with Gasteiger partial charge in [0.2, 0.25) is 0 Å². The summed E-state index contributed by atoms with van der Waals surface area (Å²) in [7, 11) is 0. The van der Waals surface area contributed by atoms with E-state index in [-0.39, 0.29) is 17.4 Å². The van der Waals surface area contributed by atoms with Gasteiger partial charge in [0, 0.05) is 12.7 Å². The van der Waals surface area contributed by atoms with Gasteiger partial charge in [-0.1, -0.05) is 12.1 Å². The Morgan fingerprint density at radius 2 is 1.81 bits per heavy atom. The van der Waals surface area contributed by atoms with Gasteiger partial charge in [0.15, 0.2) is 0 Å². The molecule has 1 aromatic heterocycles. The van der Waals surface area contributed by atoms with E-state index in [0.717, 1.165) is 5.56 Å². The number of rotatable bonds is 5. The number of aromatic nitrogens is 1. The second-order valence-electron chi connectivity index (χ2n) is 4.41. The zero-order chi connectivity index (χ0) is 15.2. The largest absolute Gasteiger partial charge is 0.508 e. The van der Waals surface area contributed by atoms with Crippen LogP contribution in [-0.4, -0.2) is 33.6 Å². The smallest absolute Gasteiger partial charge is 0.354 e. The van der Waals surface area contributed by atoms with Gasteiger partial charge in [0.1, 0.15) is 11.4 Å². The molecule has 0 radical (unpaired) electrons. The van der Waals surface area contributed by atoms with Crippen LogP contribution in [0.25, 0.3) is 0 Å². The molecule has 0 bridgehead atoms. The number of nitrogens with one attached hydrogen (secondary N) is 1. The minimum atomic E-state index is -1.13. The molecule has 1 amide bonds. The van der Waals surface area contributed by atoms with Crippen LogP contribution in [0.5, 0.6) is 5.75 Å². The first-order valence-electron chi connectivity index (χ1n) is 6.32. The van der Waals surface area contributed by atoms with Crippen LogP contribution in [0.2, 0.25) is 0 Å². The summed E-state index contributed by atoms with van der Waals surface area (Å²) in [6, 6.07) is 9.45. The topological polar surface area (TPSA) is 99.5 Å². The fourth-order valence-corrected chi connectivity index (χ4v) is 1.74. The number of pyridine rings is 1. The van der Waals surface area contributed by atoms with Crippen molar-refractivity contribution in [2.45, 2.75) is 6.42 Å². The summed E-state index contributed by atoms with van der Waals surface area (Å²) in [5.41, 5.74) is 1.20. The minimum absolute atomic E-state index is 0.101. The molecule has 0 saturated carbocycles. The zero-order valence-corrected chi connectivity index (χ0v) is 11.1. The number of phenols is 1. The van der Waals surface area contributed by atoms with Crippen molar-refractivity contribution in [3.63, 3.8) is 0 Å². The SMILES string of the molecule is O=C(NCCc1ccc(O)cc1)c1ccc(C(=O)O)nc1. The Hall–Kier alpha value is -2.89. The highest BCUT2D eigenvalue weighted by molar-refractivity contribution is 5.94. The number of carboxylic acids is 1. The monoisotopic (exact) mass is 286 g/mol. The van der Waals surface area contributed by atoms with Gasteiger partial charge in [-0.05, 0) is 36.2 Å². The molecule has 0 atom stereocenters. The molecule has 6 heteroatoms. The average molecular weight is 286 g/mol.